The number of nitrogens with zero attached hydrogens (tertiary/aromatic N) is 1. The van der Waals surface area contributed by atoms with Crippen LogP contribution in [-0.2, 0) is 4.79 Å². The number of aromatic amines is 1. The molecule has 1 aromatic heterocycles. The summed E-state index contributed by atoms with van der Waals surface area (Å²) in [6.07, 6.45) is 0. The average molecular weight is 406 g/mol. The van der Waals surface area contributed by atoms with Gasteiger partial charge in [-0.05, 0) is 72.5 Å². The number of fused-ring (bicyclic) bond motifs is 1. The fourth-order valence-electron chi connectivity index (χ4n) is 3.06. The fraction of sp³-hybridized carbons (Fsp3) is 0.130. The van der Waals surface area contributed by atoms with Crippen molar-refractivity contribution in [3.63, 3.8) is 0 Å². The molecule has 4 aromatic rings. The van der Waals surface area contributed by atoms with Gasteiger partial charge in [-0.3, -0.25) is 9.89 Å². The minimum Gasteiger partial charge on any atom is -0.484 e. The van der Waals surface area contributed by atoms with Gasteiger partial charge in [-0.1, -0.05) is 35.9 Å². The number of aryl methyl sites for hydroxylation is 2. The molecule has 4 rings (SSSR count). The van der Waals surface area contributed by atoms with Gasteiger partial charge in [0.2, 0.25) is 0 Å². The highest BCUT2D eigenvalue weighted by Gasteiger charge is 2.11. The summed E-state index contributed by atoms with van der Waals surface area (Å²) >= 11 is 5.84. The average Bonchev–Trinajstić information content (AvgIpc) is 3.11. The van der Waals surface area contributed by atoms with Gasteiger partial charge < -0.3 is 10.1 Å². The molecule has 3 aromatic carbocycles. The molecule has 0 saturated carbocycles. The summed E-state index contributed by atoms with van der Waals surface area (Å²) < 4.78 is 5.47. The smallest absolute Gasteiger partial charge is 0.263 e. The first-order valence-corrected chi connectivity index (χ1v) is 9.61. The van der Waals surface area contributed by atoms with Crippen LogP contribution >= 0.6 is 11.6 Å². The van der Waals surface area contributed by atoms with E-state index >= 15 is 0 Å². The van der Waals surface area contributed by atoms with E-state index in [1.165, 1.54) is 11.1 Å². The molecule has 2 N–H and O–H groups in total. The maximum Gasteiger partial charge on any atom is 0.263 e. The number of carbonyl (C=O) groups is 1. The molecule has 1 heterocycles. The Bertz CT molecular complexity index is 1180. The van der Waals surface area contributed by atoms with Crippen molar-refractivity contribution < 1.29 is 9.53 Å². The van der Waals surface area contributed by atoms with Gasteiger partial charge in [-0.15, -0.1) is 0 Å². The van der Waals surface area contributed by atoms with Crippen LogP contribution in [0.4, 0.5) is 5.82 Å². The molecular formula is C23H20ClN3O2. The van der Waals surface area contributed by atoms with E-state index in [0.717, 1.165) is 22.0 Å². The molecule has 0 spiro atoms. The van der Waals surface area contributed by atoms with Crippen molar-refractivity contribution in [2.75, 3.05) is 11.9 Å². The van der Waals surface area contributed by atoms with Crippen molar-refractivity contribution in [1.82, 2.24) is 10.2 Å². The number of H-pyrrole nitrogens is 1. The van der Waals surface area contributed by atoms with E-state index in [-0.39, 0.29) is 12.5 Å². The maximum absolute atomic E-state index is 12.2. The van der Waals surface area contributed by atoms with Crippen molar-refractivity contribution in [2.45, 2.75) is 13.8 Å². The van der Waals surface area contributed by atoms with Crippen LogP contribution in [0.15, 0.2) is 60.7 Å². The molecule has 0 unspecified atom stereocenters. The number of anilines is 1. The van der Waals surface area contributed by atoms with Gasteiger partial charge in [0.25, 0.3) is 5.91 Å². The SMILES string of the molecule is Cc1ccc(-c2ccc3c(NC(=O)COc4ccc(Cl)cc4)n[nH]c3c2)cc1C. The molecule has 0 saturated heterocycles. The zero-order valence-electron chi connectivity index (χ0n) is 16.1. The molecule has 0 atom stereocenters. The first kappa shape index (κ1) is 19.0. The van der Waals surface area contributed by atoms with Gasteiger partial charge in [0.1, 0.15) is 5.75 Å². The van der Waals surface area contributed by atoms with E-state index < -0.39 is 0 Å². The van der Waals surface area contributed by atoms with E-state index in [0.29, 0.717) is 16.6 Å². The number of ether oxygens (including phenoxy) is 1. The molecule has 0 aliphatic heterocycles. The zero-order chi connectivity index (χ0) is 20.4. The molecule has 0 bridgehead atoms. The standard InChI is InChI=1S/C23H20ClN3O2/c1-14-3-4-16(11-15(14)2)17-5-10-20-21(12-17)26-27-23(20)25-22(28)13-29-19-8-6-18(24)7-9-19/h3-12H,13H2,1-2H3,(H2,25,26,27,28). The predicted octanol–water partition coefficient (Wildman–Crippen LogP) is 5.52. The molecule has 146 valence electrons. The molecule has 5 nitrogen and oxygen atoms in total. The van der Waals surface area contributed by atoms with Crippen LogP contribution in [0.2, 0.25) is 5.02 Å². The third-order valence-electron chi connectivity index (χ3n) is 4.84. The summed E-state index contributed by atoms with van der Waals surface area (Å²) in [5.74, 6) is 0.775. The van der Waals surface area contributed by atoms with Crippen LogP contribution in [0.25, 0.3) is 22.0 Å². The van der Waals surface area contributed by atoms with Crippen molar-refractivity contribution in [3.05, 3.63) is 76.8 Å². The Morgan fingerprint density at radius 3 is 2.48 bits per heavy atom. The summed E-state index contributed by atoms with van der Waals surface area (Å²) in [5.41, 5.74) is 5.61. The molecule has 0 aliphatic rings. The van der Waals surface area contributed by atoms with E-state index in [9.17, 15) is 4.79 Å². The Morgan fingerprint density at radius 1 is 1.00 bits per heavy atom. The van der Waals surface area contributed by atoms with Crippen molar-refractivity contribution >= 4 is 34.2 Å². The highest BCUT2D eigenvalue weighted by atomic mass is 35.5. The van der Waals surface area contributed by atoms with Crippen LogP contribution in [0.3, 0.4) is 0 Å². The molecule has 0 fully saturated rings. The molecule has 1 amide bonds. The number of amides is 1. The van der Waals surface area contributed by atoms with Gasteiger partial charge in [-0.2, -0.15) is 5.10 Å². The monoisotopic (exact) mass is 405 g/mol. The van der Waals surface area contributed by atoms with Gasteiger partial charge in [0.15, 0.2) is 12.4 Å². The summed E-state index contributed by atoms with van der Waals surface area (Å²) in [4.78, 5) is 12.2. The molecule has 0 aliphatic carbocycles. The first-order chi connectivity index (χ1) is 14.0. The lowest BCUT2D eigenvalue weighted by Gasteiger charge is -2.07. The quantitative estimate of drug-likeness (QED) is 0.459. The number of benzene rings is 3. The summed E-state index contributed by atoms with van der Waals surface area (Å²) in [5, 5.41) is 11.5. The zero-order valence-corrected chi connectivity index (χ0v) is 16.9. The predicted molar refractivity (Wildman–Crippen MR) is 117 cm³/mol. The summed E-state index contributed by atoms with van der Waals surface area (Å²) in [6, 6.07) is 19.3. The second kappa shape index (κ2) is 7.97. The second-order valence-corrected chi connectivity index (χ2v) is 7.36. The maximum atomic E-state index is 12.2. The van der Waals surface area contributed by atoms with Gasteiger partial charge in [-0.25, -0.2) is 0 Å². The minimum atomic E-state index is -0.286. The number of rotatable bonds is 5. The van der Waals surface area contributed by atoms with Crippen LogP contribution in [-0.4, -0.2) is 22.7 Å². The number of halogens is 1. The minimum absolute atomic E-state index is 0.114. The highest BCUT2D eigenvalue weighted by Crippen LogP contribution is 2.28. The van der Waals surface area contributed by atoms with E-state index in [1.807, 2.05) is 18.2 Å². The third kappa shape index (κ3) is 4.25. The van der Waals surface area contributed by atoms with Gasteiger partial charge >= 0.3 is 0 Å². The highest BCUT2D eigenvalue weighted by molar-refractivity contribution is 6.30. The summed E-state index contributed by atoms with van der Waals surface area (Å²) in [6.45, 7) is 4.09. The third-order valence-corrected chi connectivity index (χ3v) is 5.10. The van der Waals surface area contributed by atoms with Crippen molar-refractivity contribution in [1.29, 1.82) is 0 Å². The number of nitrogens with one attached hydrogen (secondary N) is 2. The number of carbonyl (C=O) groups excluding carboxylic acids is 1. The van der Waals surface area contributed by atoms with Crippen LogP contribution in [0.1, 0.15) is 11.1 Å². The molecular weight excluding hydrogens is 386 g/mol. The van der Waals surface area contributed by atoms with E-state index in [2.05, 4.69) is 47.6 Å². The molecule has 0 radical (unpaired) electrons. The normalized spacial score (nSPS) is 10.9. The Morgan fingerprint density at radius 2 is 1.72 bits per heavy atom. The second-order valence-electron chi connectivity index (χ2n) is 6.92. The van der Waals surface area contributed by atoms with E-state index in [1.54, 1.807) is 24.3 Å². The van der Waals surface area contributed by atoms with Crippen LogP contribution in [0, 0.1) is 13.8 Å². The lowest BCUT2D eigenvalue weighted by atomic mass is 10.00. The topological polar surface area (TPSA) is 67.0 Å². The van der Waals surface area contributed by atoms with Gasteiger partial charge in [0.05, 0.1) is 5.52 Å². The van der Waals surface area contributed by atoms with Crippen molar-refractivity contribution in [3.8, 4) is 16.9 Å². The Balaban J connectivity index is 1.47. The Labute approximate surface area is 173 Å². The first-order valence-electron chi connectivity index (χ1n) is 9.23. The fourth-order valence-corrected chi connectivity index (χ4v) is 3.19. The Kier molecular flexibility index (Phi) is 5.23. The summed E-state index contributed by atoms with van der Waals surface area (Å²) in [7, 11) is 0. The number of hydrogen-bond acceptors (Lipinski definition) is 3. The number of aromatic nitrogens is 2. The van der Waals surface area contributed by atoms with Crippen LogP contribution < -0.4 is 10.1 Å². The Hall–Kier alpha value is -3.31. The number of hydrogen-bond donors (Lipinski definition) is 2. The van der Waals surface area contributed by atoms with Crippen molar-refractivity contribution in [2.24, 2.45) is 0 Å². The lowest BCUT2D eigenvalue weighted by molar-refractivity contribution is -0.118. The molecule has 6 heteroatoms. The largest absolute Gasteiger partial charge is 0.484 e. The lowest BCUT2D eigenvalue weighted by Crippen LogP contribution is -2.20. The molecule has 29 heavy (non-hydrogen) atoms. The van der Waals surface area contributed by atoms with Crippen LogP contribution in [0.5, 0.6) is 5.75 Å². The van der Waals surface area contributed by atoms with Gasteiger partial charge in [0, 0.05) is 10.4 Å². The van der Waals surface area contributed by atoms with E-state index in [4.69, 9.17) is 16.3 Å².